The summed E-state index contributed by atoms with van der Waals surface area (Å²) in [6.45, 7) is 0. The van der Waals surface area contributed by atoms with E-state index >= 15 is 0 Å². The smallest absolute Gasteiger partial charge is 0.326 e. The summed E-state index contributed by atoms with van der Waals surface area (Å²) in [5.74, 6) is -4.45. The van der Waals surface area contributed by atoms with E-state index in [2.05, 4.69) is 4.98 Å². The van der Waals surface area contributed by atoms with Gasteiger partial charge in [0.15, 0.2) is 0 Å². The highest BCUT2D eigenvalue weighted by atomic mass is 19.1. The van der Waals surface area contributed by atoms with Crippen molar-refractivity contribution in [2.45, 2.75) is 12.5 Å². The minimum Gasteiger partial charge on any atom is -0.481 e. The monoisotopic (exact) mass is 256 g/mol. The van der Waals surface area contributed by atoms with Crippen LogP contribution in [-0.2, 0) is 9.59 Å². The molecule has 7 nitrogen and oxygen atoms in total. The summed E-state index contributed by atoms with van der Waals surface area (Å²) in [7, 11) is 0. The first-order valence-corrected chi connectivity index (χ1v) is 4.77. The van der Waals surface area contributed by atoms with Crippen molar-refractivity contribution in [1.29, 1.82) is 0 Å². The van der Waals surface area contributed by atoms with Gasteiger partial charge in [0, 0.05) is 6.20 Å². The Bertz CT molecular complexity index is 474. The molecule has 96 valence electrons. The van der Waals surface area contributed by atoms with Crippen LogP contribution in [0.5, 0.6) is 0 Å². The number of halogens is 1. The predicted molar refractivity (Wildman–Crippen MR) is 55.3 cm³/mol. The Morgan fingerprint density at radius 3 is 2.44 bits per heavy atom. The fraction of sp³-hybridized carbons (Fsp3) is 0.200. The number of nitrogens with one attached hydrogen (secondary N) is 1. The standard InChI is InChI=1S/C10H9FN2O5/c11-7-2-1-5(4-12-7)9(16)13-6(10(17)18)3-8(14)15/h1-2,4,6H,3H2,(H,13,16)(H,14,15)(H,17,18)/t6-/m1/s1. The topological polar surface area (TPSA) is 117 Å². The molecule has 3 N–H and O–H groups in total. The highest BCUT2D eigenvalue weighted by molar-refractivity contribution is 5.97. The number of hydrogen-bond acceptors (Lipinski definition) is 4. The van der Waals surface area contributed by atoms with Gasteiger partial charge in [-0.25, -0.2) is 9.78 Å². The molecule has 0 aliphatic heterocycles. The normalized spacial score (nSPS) is 11.6. The van der Waals surface area contributed by atoms with Gasteiger partial charge in [0.05, 0.1) is 12.0 Å². The van der Waals surface area contributed by atoms with Crippen molar-refractivity contribution >= 4 is 17.8 Å². The van der Waals surface area contributed by atoms with Crippen LogP contribution in [0.15, 0.2) is 18.3 Å². The van der Waals surface area contributed by atoms with Gasteiger partial charge in [-0.15, -0.1) is 0 Å². The number of amides is 1. The average molecular weight is 256 g/mol. The van der Waals surface area contributed by atoms with Gasteiger partial charge in [0.2, 0.25) is 5.95 Å². The summed E-state index contributed by atoms with van der Waals surface area (Å²) in [4.78, 5) is 35.8. The summed E-state index contributed by atoms with van der Waals surface area (Å²) in [6, 6.07) is 0.485. The van der Waals surface area contributed by atoms with E-state index < -0.39 is 36.3 Å². The molecule has 0 saturated carbocycles. The largest absolute Gasteiger partial charge is 0.481 e. The number of nitrogens with zero attached hydrogens (tertiary/aromatic N) is 1. The van der Waals surface area contributed by atoms with Crippen LogP contribution in [0.25, 0.3) is 0 Å². The maximum absolute atomic E-state index is 12.5. The molecule has 1 heterocycles. The van der Waals surface area contributed by atoms with E-state index in [1.54, 1.807) is 0 Å². The van der Waals surface area contributed by atoms with Crippen LogP contribution >= 0.6 is 0 Å². The summed E-state index contributed by atoms with van der Waals surface area (Å²) in [6.07, 6.45) is 0.167. The van der Waals surface area contributed by atoms with E-state index in [1.165, 1.54) is 0 Å². The fourth-order valence-electron chi connectivity index (χ4n) is 1.13. The lowest BCUT2D eigenvalue weighted by atomic mass is 10.2. The Morgan fingerprint density at radius 1 is 1.33 bits per heavy atom. The minimum atomic E-state index is -1.56. The molecule has 0 aliphatic rings. The molecular weight excluding hydrogens is 247 g/mol. The molecule has 0 spiro atoms. The fourth-order valence-corrected chi connectivity index (χ4v) is 1.13. The predicted octanol–water partition coefficient (Wildman–Crippen LogP) is -0.122. The van der Waals surface area contributed by atoms with Crippen molar-refractivity contribution in [3.05, 3.63) is 29.8 Å². The lowest BCUT2D eigenvalue weighted by Gasteiger charge is -2.11. The molecule has 18 heavy (non-hydrogen) atoms. The summed E-state index contributed by atoms with van der Waals surface area (Å²) >= 11 is 0. The maximum Gasteiger partial charge on any atom is 0.326 e. The zero-order valence-electron chi connectivity index (χ0n) is 8.96. The molecule has 0 bridgehead atoms. The maximum atomic E-state index is 12.5. The van der Waals surface area contributed by atoms with E-state index in [0.29, 0.717) is 0 Å². The van der Waals surface area contributed by atoms with E-state index in [1.807, 2.05) is 5.32 Å². The second kappa shape index (κ2) is 5.71. The third-order valence-electron chi connectivity index (χ3n) is 1.97. The zero-order valence-corrected chi connectivity index (χ0v) is 8.96. The highest BCUT2D eigenvalue weighted by Crippen LogP contribution is 2.01. The summed E-state index contributed by atoms with van der Waals surface area (Å²) in [5, 5.41) is 19.2. The van der Waals surface area contributed by atoms with Gasteiger partial charge in [-0.05, 0) is 12.1 Å². The molecule has 0 unspecified atom stereocenters. The van der Waals surface area contributed by atoms with Gasteiger partial charge >= 0.3 is 11.9 Å². The van der Waals surface area contributed by atoms with Crippen LogP contribution in [0.3, 0.4) is 0 Å². The lowest BCUT2D eigenvalue weighted by Crippen LogP contribution is -2.42. The Kier molecular flexibility index (Phi) is 4.30. The molecule has 1 aromatic rings. The van der Waals surface area contributed by atoms with Crippen molar-refractivity contribution in [1.82, 2.24) is 10.3 Å². The SMILES string of the molecule is O=C(O)C[C@@H](NC(=O)c1ccc(F)nc1)C(=O)O. The molecule has 0 aromatic carbocycles. The van der Waals surface area contributed by atoms with Crippen LogP contribution in [0.1, 0.15) is 16.8 Å². The molecule has 1 aromatic heterocycles. The van der Waals surface area contributed by atoms with Crippen LogP contribution in [0, 0.1) is 5.95 Å². The molecule has 8 heteroatoms. The second-order valence-electron chi connectivity index (χ2n) is 3.33. The van der Waals surface area contributed by atoms with Gasteiger partial charge in [-0.2, -0.15) is 4.39 Å². The number of carboxylic acids is 2. The number of carbonyl (C=O) groups is 3. The van der Waals surface area contributed by atoms with Gasteiger partial charge in [0.1, 0.15) is 6.04 Å². The number of hydrogen-bond donors (Lipinski definition) is 3. The van der Waals surface area contributed by atoms with Crippen LogP contribution in [-0.4, -0.2) is 39.1 Å². The average Bonchev–Trinajstić information content (AvgIpc) is 2.28. The lowest BCUT2D eigenvalue weighted by molar-refractivity contribution is -0.145. The van der Waals surface area contributed by atoms with Crippen LogP contribution < -0.4 is 5.32 Å². The van der Waals surface area contributed by atoms with Crippen LogP contribution in [0.4, 0.5) is 4.39 Å². The molecular formula is C10H9FN2O5. The Morgan fingerprint density at radius 2 is 2.00 bits per heavy atom. The molecule has 0 fully saturated rings. The van der Waals surface area contributed by atoms with Crippen LogP contribution in [0.2, 0.25) is 0 Å². The number of carboxylic acid groups (broad SMARTS) is 2. The first-order chi connectivity index (χ1) is 8.40. The highest BCUT2D eigenvalue weighted by Gasteiger charge is 2.23. The van der Waals surface area contributed by atoms with E-state index in [4.69, 9.17) is 10.2 Å². The quantitative estimate of drug-likeness (QED) is 0.632. The van der Waals surface area contributed by atoms with Crippen molar-refractivity contribution in [2.75, 3.05) is 0 Å². The first kappa shape index (κ1) is 13.6. The molecule has 1 amide bonds. The van der Waals surface area contributed by atoms with E-state index in [-0.39, 0.29) is 5.56 Å². The van der Waals surface area contributed by atoms with E-state index in [0.717, 1.165) is 18.3 Å². The van der Waals surface area contributed by atoms with Crippen molar-refractivity contribution < 1.29 is 29.0 Å². The summed E-state index contributed by atoms with van der Waals surface area (Å²) < 4.78 is 12.5. The van der Waals surface area contributed by atoms with Gasteiger partial charge < -0.3 is 15.5 Å². The summed E-state index contributed by atoms with van der Waals surface area (Å²) in [5.41, 5.74) is -0.0620. The number of pyridine rings is 1. The van der Waals surface area contributed by atoms with Gasteiger partial charge in [-0.1, -0.05) is 0 Å². The van der Waals surface area contributed by atoms with E-state index in [9.17, 15) is 18.8 Å². The Labute approximate surface area is 100 Å². The Balaban J connectivity index is 2.75. The number of aliphatic carboxylic acids is 2. The molecule has 1 rings (SSSR count). The molecule has 0 radical (unpaired) electrons. The Hall–Kier alpha value is -2.51. The van der Waals surface area contributed by atoms with Gasteiger partial charge in [0.25, 0.3) is 5.91 Å². The zero-order chi connectivity index (χ0) is 13.7. The molecule has 0 saturated heterocycles. The second-order valence-corrected chi connectivity index (χ2v) is 3.33. The van der Waals surface area contributed by atoms with Gasteiger partial charge in [-0.3, -0.25) is 9.59 Å². The third-order valence-corrected chi connectivity index (χ3v) is 1.97. The van der Waals surface area contributed by atoms with Crippen molar-refractivity contribution in [3.8, 4) is 0 Å². The first-order valence-electron chi connectivity index (χ1n) is 4.77. The third kappa shape index (κ3) is 3.81. The number of aromatic nitrogens is 1. The molecule has 1 atom stereocenters. The molecule has 0 aliphatic carbocycles. The number of carbonyl (C=O) groups excluding carboxylic acids is 1. The minimum absolute atomic E-state index is 0.0620. The number of rotatable bonds is 5. The van der Waals surface area contributed by atoms with Crippen molar-refractivity contribution in [2.24, 2.45) is 0 Å². The van der Waals surface area contributed by atoms with Crippen molar-refractivity contribution in [3.63, 3.8) is 0 Å².